The van der Waals surface area contributed by atoms with Gasteiger partial charge in [0.25, 0.3) is 0 Å². The molecule has 0 spiro atoms. The Hall–Kier alpha value is -0.920. The van der Waals surface area contributed by atoms with Crippen molar-refractivity contribution in [2.24, 2.45) is 0 Å². The molecule has 1 aliphatic rings. The summed E-state index contributed by atoms with van der Waals surface area (Å²) in [7, 11) is 0. The Morgan fingerprint density at radius 1 is 1.30 bits per heavy atom. The molecule has 0 saturated heterocycles. The van der Waals surface area contributed by atoms with Crippen LogP contribution in [0.4, 0.5) is 0 Å². The van der Waals surface area contributed by atoms with Crippen LogP contribution in [0.1, 0.15) is 26.2 Å². The lowest BCUT2D eigenvalue weighted by molar-refractivity contribution is -0.125. The lowest BCUT2D eigenvalue weighted by atomic mass is 9.92. The highest BCUT2D eigenvalue weighted by molar-refractivity contribution is 6.05. The van der Waals surface area contributed by atoms with Gasteiger partial charge in [-0.05, 0) is 12.5 Å². The maximum Gasteiger partial charge on any atom is 0.159 e. The summed E-state index contributed by atoms with van der Waals surface area (Å²) < 4.78 is 0. The number of ketones is 2. The summed E-state index contributed by atoms with van der Waals surface area (Å²) in [5, 5.41) is 0. The number of allylic oxidation sites excluding steroid dienone is 2. The predicted octanol–water partition coefficient (Wildman–Crippen LogP) is 1.25. The Balaban J connectivity index is 2.72. The molecule has 2 heteroatoms. The van der Waals surface area contributed by atoms with E-state index in [-0.39, 0.29) is 11.6 Å². The minimum atomic E-state index is 0.141. The van der Waals surface area contributed by atoms with Crippen molar-refractivity contribution in [3.8, 4) is 0 Å². The molecule has 1 saturated carbocycles. The van der Waals surface area contributed by atoms with Crippen molar-refractivity contribution in [2.75, 3.05) is 0 Å². The summed E-state index contributed by atoms with van der Waals surface area (Å²) in [5.74, 6) is 0.329. The lowest BCUT2D eigenvalue weighted by Gasteiger charge is -2.10. The van der Waals surface area contributed by atoms with E-state index in [1.165, 1.54) is 0 Å². The average Bonchev–Trinajstić information content (AvgIpc) is 1.94. The fraction of sp³-hybridized carbons (Fsp3) is 0.500. The van der Waals surface area contributed by atoms with E-state index < -0.39 is 0 Å². The van der Waals surface area contributed by atoms with E-state index in [4.69, 9.17) is 0 Å². The van der Waals surface area contributed by atoms with Gasteiger partial charge in [-0.3, -0.25) is 9.59 Å². The molecule has 0 aromatic heterocycles. The molecular formula is C8H10O2. The monoisotopic (exact) mass is 138 g/mol. The third-order valence-corrected chi connectivity index (χ3v) is 1.73. The normalized spacial score (nSPS) is 23.9. The van der Waals surface area contributed by atoms with Crippen molar-refractivity contribution < 1.29 is 9.59 Å². The highest BCUT2D eigenvalue weighted by Gasteiger charge is 2.19. The summed E-state index contributed by atoms with van der Waals surface area (Å²) in [6.07, 6.45) is 2.95. The predicted molar refractivity (Wildman–Crippen MR) is 37.6 cm³/mol. The van der Waals surface area contributed by atoms with E-state index in [2.05, 4.69) is 0 Å². The second-order valence-electron chi connectivity index (χ2n) is 2.45. The zero-order valence-electron chi connectivity index (χ0n) is 6.02. The van der Waals surface area contributed by atoms with Crippen LogP contribution in [-0.4, -0.2) is 11.6 Å². The van der Waals surface area contributed by atoms with Crippen LogP contribution in [0.5, 0.6) is 0 Å². The van der Waals surface area contributed by atoms with Gasteiger partial charge in [0, 0.05) is 19.3 Å². The van der Waals surface area contributed by atoms with Crippen LogP contribution in [0.2, 0.25) is 0 Å². The summed E-state index contributed by atoms with van der Waals surface area (Å²) in [4.78, 5) is 21.7. The summed E-state index contributed by atoms with van der Waals surface area (Å²) in [6.45, 7) is 1.80. The summed E-state index contributed by atoms with van der Waals surface area (Å²) >= 11 is 0. The molecule has 0 radical (unpaired) electrons. The molecule has 0 bridgehead atoms. The number of Topliss-reactive ketones (excluding diaryl/α,β-unsaturated/α-hetero) is 2. The standard InChI is InChI=1S/C8H10O2/c1-2-6-5-7(9)3-4-8(6)10/h2H,3-5H2,1H3/b6-2+. The van der Waals surface area contributed by atoms with Gasteiger partial charge in [0.1, 0.15) is 5.78 Å². The van der Waals surface area contributed by atoms with Gasteiger partial charge in [0.2, 0.25) is 0 Å². The van der Waals surface area contributed by atoms with Gasteiger partial charge < -0.3 is 0 Å². The maximum absolute atomic E-state index is 11.0. The van der Waals surface area contributed by atoms with Gasteiger partial charge in [0.15, 0.2) is 5.78 Å². The van der Waals surface area contributed by atoms with Crippen molar-refractivity contribution in [3.63, 3.8) is 0 Å². The fourth-order valence-corrected chi connectivity index (χ4v) is 1.08. The first-order chi connectivity index (χ1) is 4.74. The minimum Gasteiger partial charge on any atom is -0.299 e. The van der Waals surface area contributed by atoms with E-state index in [1.807, 2.05) is 0 Å². The summed E-state index contributed by atoms with van der Waals surface area (Å²) in [5.41, 5.74) is 0.691. The van der Waals surface area contributed by atoms with Gasteiger partial charge in [-0.1, -0.05) is 6.08 Å². The van der Waals surface area contributed by atoms with Crippen molar-refractivity contribution in [1.82, 2.24) is 0 Å². The molecule has 10 heavy (non-hydrogen) atoms. The SMILES string of the molecule is C/C=C1\CC(=O)CCC1=O. The van der Waals surface area contributed by atoms with E-state index in [0.717, 1.165) is 0 Å². The van der Waals surface area contributed by atoms with Crippen molar-refractivity contribution in [3.05, 3.63) is 11.6 Å². The third kappa shape index (κ3) is 1.32. The number of hydrogen-bond donors (Lipinski definition) is 0. The van der Waals surface area contributed by atoms with Crippen LogP contribution in [0.15, 0.2) is 11.6 Å². The molecule has 1 fully saturated rings. The third-order valence-electron chi connectivity index (χ3n) is 1.73. The van der Waals surface area contributed by atoms with Gasteiger partial charge in [-0.15, -0.1) is 0 Å². The Morgan fingerprint density at radius 2 is 2.00 bits per heavy atom. The Morgan fingerprint density at radius 3 is 2.50 bits per heavy atom. The first kappa shape index (κ1) is 7.19. The van der Waals surface area contributed by atoms with Crippen LogP contribution >= 0.6 is 0 Å². The molecule has 0 heterocycles. The lowest BCUT2D eigenvalue weighted by Crippen LogP contribution is -2.15. The molecule has 0 aromatic rings. The highest BCUT2D eigenvalue weighted by atomic mass is 16.1. The van der Waals surface area contributed by atoms with Gasteiger partial charge in [0.05, 0.1) is 0 Å². The topological polar surface area (TPSA) is 34.1 Å². The van der Waals surface area contributed by atoms with Gasteiger partial charge in [-0.25, -0.2) is 0 Å². The van der Waals surface area contributed by atoms with Crippen LogP contribution in [0.3, 0.4) is 0 Å². The number of rotatable bonds is 0. The fourth-order valence-electron chi connectivity index (χ4n) is 1.08. The molecular weight excluding hydrogens is 128 g/mol. The van der Waals surface area contributed by atoms with Crippen LogP contribution in [-0.2, 0) is 9.59 Å². The molecule has 1 rings (SSSR count). The van der Waals surface area contributed by atoms with E-state index in [1.54, 1.807) is 13.0 Å². The first-order valence-corrected chi connectivity index (χ1v) is 3.44. The quantitative estimate of drug-likeness (QED) is 0.472. The number of carbonyl (C=O) groups is 2. The Bertz CT molecular complexity index is 201. The maximum atomic E-state index is 11.0. The highest BCUT2D eigenvalue weighted by Crippen LogP contribution is 2.16. The van der Waals surface area contributed by atoms with Gasteiger partial charge in [-0.2, -0.15) is 0 Å². The zero-order valence-corrected chi connectivity index (χ0v) is 6.02. The largest absolute Gasteiger partial charge is 0.299 e. The second kappa shape index (κ2) is 2.78. The molecule has 1 aliphatic carbocycles. The van der Waals surface area contributed by atoms with Gasteiger partial charge >= 0.3 is 0 Å². The van der Waals surface area contributed by atoms with Crippen LogP contribution in [0, 0.1) is 0 Å². The average molecular weight is 138 g/mol. The molecule has 0 amide bonds. The van der Waals surface area contributed by atoms with E-state index >= 15 is 0 Å². The van der Waals surface area contributed by atoms with Crippen LogP contribution in [0.25, 0.3) is 0 Å². The molecule has 54 valence electrons. The smallest absolute Gasteiger partial charge is 0.159 e. The molecule has 0 unspecified atom stereocenters. The van der Waals surface area contributed by atoms with Crippen LogP contribution < -0.4 is 0 Å². The van der Waals surface area contributed by atoms with E-state index in [9.17, 15) is 9.59 Å². The van der Waals surface area contributed by atoms with Crippen molar-refractivity contribution >= 4 is 11.6 Å². The minimum absolute atomic E-state index is 0.141. The number of carbonyl (C=O) groups excluding carboxylic acids is 2. The second-order valence-corrected chi connectivity index (χ2v) is 2.45. The molecule has 0 N–H and O–H groups in total. The zero-order chi connectivity index (χ0) is 7.56. The number of hydrogen-bond acceptors (Lipinski definition) is 2. The Labute approximate surface area is 59.9 Å². The molecule has 2 nitrogen and oxygen atoms in total. The molecule has 0 atom stereocenters. The van der Waals surface area contributed by atoms with Crippen molar-refractivity contribution in [2.45, 2.75) is 26.2 Å². The van der Waals surface area contributed by atoms with E-state index in [0.29, 0.717) is 24.8 Å². The Kier molecular flexibility index (Phi) is 2.00. The summed E-state index contributed by atoms with van der Waals surface area (Å²) in [6, 6.07) is 0. The first-order valence-electron chi connectivity index (χ1n) is 3.44. The van der Waals surface area contributed by atoms with Crippen molar-refractivity contribution in [1.29, 1.82) is 0 Å². The molecule has 0 aliphatic heterocycles. The molecule has 0 aromatic carbocycles.